The number of hydrogen-bond donors (Lipinski definition) is 1. The van der Waals surface area contributed by atoms with E-state index in [1.165, 1.54) is 11.8 Å². The van der Waals surface area contributed by atoms with Crippen molar-refractivity contribution in [1.82, 2.24) is 0 Å². The lowest BCUT2D eigenvalue weighted by Crippen LogP contribution is -2.05. The Kier molecular flexibility index (Phi) is 3.50. The van der Waals surface area contributed by atoms with Gasteiger partial charge in [0.2, 0.25) is 5.78 Å². The summed E-state index contributed by atoms with van der Waals surface area (Å²) >= 11 is 13.4. The molecule has 100 valence electrons. The molecule has 2 aromatic carbocycles. The van der Waals surface area contributed by atoms with E-state index >= 15 is 0 Å². The molecule has 20 heavy (non-hydrogen) atoms. The van der Waals surface area contributed by atoms with Crippen molar-refractivity contribution in [2.45, 2.75) is 4.90 Å². The van der Waals surface area contributed by atoms with Gasteiger partial charge in [-0.2, -0.15) is 0 Å². The number of carbonyl (C=O) groups is 1. The molecule has 0 saturated carbocycles. The normalized spacial score (nSPS) is 16.2. The van der Waals surface area contributed by atoms with Gasteiger partial charge in [-0.3, -0.25) is 4.79 Å². The molecule has 0 atom stereocenters. The van der Waals surface area contributed by atoms with Crippen LogP contribution in [-0.2, 0) is 0 Å². The minimum atomic E-state index is -0.107. The van der Waals surface area contributed by atoms with Crippen LogP contribution in [0.25, 0.3) is 5.70 Å². The maximum absolute atomic E-state index is 12.4. The van der Waals surface area contributed by atoms with Crippen LogP contribution in [0.15, 0.2) is 52.3 Å². The number of ketones is 1. The Morgan fingerprint density at radius 3 is 2.60 bits per heavy atom. The van der Waals surface area contributed by atoms with Gasteiger partial charge in [-0.15, -0.1) is 0 Å². The maximum Gasteiger partial charge on any atom is 0.203 e. The largest absolute Gasteiger partial charge is 0.397 e. The van der Waals surface area contributed by atoms with E-state index in [-0.39, 0.29) is 5.78 Å². The molecule has 0 saturated heterocycles. The van der Waals surface area contributed by atoms with Crippen LogP contribution in [0.4, 0.5) is 0 Å². The highest BCUT2D eigenvalue weighted by Gasteiger charge is 2.29. The van der Waals surface area contributed by atoms with Crippen molar-refractivity contribution < 1.29 is 4.79 Å². The summed E-state index contributed by atoms with van der Waals surface area (Å²) in [5.41, 5.74) is 7.79. The molecule has 1 aliphatic rings. The minimum absolute atomic E-state index is 0.107. The minimum Gasteiger partial charge on any atom is -0.397 e. The first kappa shape index (κ1) is 13.6. The lowest BCUT2D eigenvalue weighted by molar-refractivity contribution is 0.104. The van der Waals surface area contributed by atoms with Crippen LogP contribution >= 0.6 is 35.0 Å². The van der Waals surface area contributed by atoms with Gasteiger partial charge in [0.05, 0.1) is 10.6 Å². The van der Waals surface area contributed by atoms with E-state index in [4.69, 9.17) is 28.9 Å². The molecule has 0 aromatic heterocycles. The summed E-state index contributed by atoms with van der Waals surface area (Å²) in [5, 5.41) is 1.06. The van der Waals surface area contributed by atoms with Gasteiger partial charge in [0, 0.05) is 26.1 Å². The Hall–Kier alpha value is -1.42. The van der Waals surface area contributed by atoms with Gasteiger partial charge in [0.1, 0.15) is 0 Å². The van der Waals surface area contributed by atoms with Gasteiger partial charge in [0.25, 0.3) is 0 Å². The zero-order chi connectivity index (χ0) is 14.3. The SMILES string of the molecule is NC(=C1Sc2ccc(Cl)cc2C1=O)c1ccccc1Cl. The first-order valence-electron chi connectivity index (χ1n) is 5.84. The summed E-state index contributed by atoms with van der Waals surface area (Å²) in [5.74, 6) is -0.107. The lowest BCUT2D eigenvalue weighted by atomic mass is 10.1. The van der Waals surface area contributed by atoms with Crippen molar-refractivity contribution in [2.24, 2.45) is 5.73 Å². The van der Waals surface area contributed by atoms with Crippen molar-refractivity contribution in [3.05, 3.63) is 68.5 Å². The molecule has 0 radical (unpaired) electrons. The molecule has 0 bridgehead atoms. The fourth-order valence-corrected chi connectivity index (χ4v) is 3.48. The van der Waals surface area contributed by atoms with Crippen LogP contribution in [0.5, 0.6) is 0 Å². The highest BCUT2D eigenvalue weighted by molar-refractivity contribution is 8.05. The first-order valence-corrected chi connectivity index (χ1v) is 7.42. The van der Waals surface area contributed by atoms with Crippen LogP contribution in [0.3, 0.4) is 0 Å². The number of carbonyl (C=O) groups excluding carboxylic acids is 1. The number of hydrogen-bond acceptors (Lipinski definition) is 3. The van der Waals surface area contributed by atoms with Gasteiger partial charge >= 0.3 is 0 Å². The van der Waals surface area contributed by atoms with Crippen molar-refractivity contribution in [3.63, 3.8) is 0 Å². The third-order valence-corrected chi connectivity index (χ3v) is 4.76. The molecular formula is C15H9Cl2NOS. The Bertz CT molecular complexity index is 755. The zero-order valence-electron chi connectivity index (χ0n) is 10.2. The Balaban J connectivity index is 2.12. The molecule has 0 amide bonds. The topological polar surface area (TPSA) is 43.1 Å². The fraction of sp³-hybridized carbons (Fsp3) is 0. The lowest BCUT2D eigenvalue weighted by Gasteiger charge is -2.06. The van der Waals surface area contributed by atoms with Crippen molar-refractivity contribution in [2.75, 3.05) is 0 Å². The van der Waals surface area contributed by atoms with Gasteiger partial charge < -0.3 is 5.73 Å². The van der Waals surface area contributed by atoms with E-state index in [1.807, 2.05) is 18.2 Å². The van der Waals surface area contributed by atoms with Crippen LogP contribution in [0.1, 0.15) is 15.9 Å². The second-order valence-electron chi connectivity index (χ2n) is 4.29. The molecule has 0 aliphatic carbocycles. The van der Waals surface area contributed by atoms with Crippen LogP contribution in [-0.4, -0.2) is 5.78 Å². The number of nitrogens with two attached hydrogens (primary N) is 1. The molecule has 2 N–H and O–H groups in total. The third kappa shape index (κ3) is 2.22. The number of rotatable bonds is 1. The van der Waals surface area contributed by atoms with Crippen molar-refractivity contribution >= 4 is 46.4 Å². The second kappa shape index (κ2) is 5.17. The molecule has 0 unspecified atom stereocenters. The van der Waals surface area contributed by atoms with E-state index < -0.39 is 0 Å². The number of thioether (sulfide) groups is 1. The van der Waals surface area contributed by atoms with Crippen LogP contribution in [0.2, 0.25) is 10.0 Å². The zero-order valence-corrected chi connectivity index (χ0v) is 12.5. The van der Waals surface area contributed by atoms with E-state index in [2.05, 4.69) is 0 Å². The predicted molar refractivity (Wildman–Crippen MR) is 84.2 cm³/mol. The molecule has 1 aliphatic heterocycles. The predicted octanol–water partition coefficient (Wildman–Crippen LogP) is 4.61. The molecule has 0 fully saturated rings. The third-order valence-electron chi connectivity index (χ3n) is 3.01. The summed E-state index contributed by atoms with van der Waals surface area (Å²) in [7, 11) is 0. The fourth-order valence-electron chi connectivity index (χ4n) is 2.03. The quantitative estimate of drug-likeness (QED) is 0.780. The Morgan fingerprint density at radius 1 is 1.10 bits per heavy atom. The van der Waals surface area contributed by atoms with Gasteiger partial charge in [0.15, 0.2) is 0 Å². The Labute approximate surface area is 130 Å². The number of Topliss-reactive ketones (excluding diaryl/α,β-unsaturated/α-hetero) is 1. The number of benzene rings is 2. The first-order chi connectivity index (χ1) is 9.58. The average molecular weight is 322 g/mol. The van der Waals surface area contributed by atoms with E-state index in [0.29, 0.717) is 31.8 Å². The van der Waals surface area contributed by atoms with Crippen LogP contribution in [0, 0.1) is 0 Å². The smallest absolute Gasteiger partial charge is 0.203 e. The highest BCUT2D eigenvalue weighted by atomic mass is 35.5. The van der Waals surface area contributed by atoms with Gasteiger partial charge in [-0.25, -0.2) is 0 Å². The average Bonchev–Trinajstić information content (AvgIpc) is 2.76. The van der Waals surface area contributed by atoms with E-state index in [1.54, 1.807) is 24.3 Å². The summed E-state index contributed by atoms with van der Waals surface area (Å²) in [6.45, 7) is 0. The second-order valence-corrected chi connectivity index (χ2v) is 6.19. The molecule has 3 rings (SSSR count). The summed E-state index contributed by atoms with van der Waals surface area (Å²) in [6, 6.07) is 12.5. The van der Waals surface area contributed by atoms with Crippen molar-refractivity contribution in [1.29, 1.82) is 0 Å². The van der Waals surface area contributed by atoms with E-state index in [0.717, 1.165) is 4.90 Å². The van der Waals surface area contributed by atoms with Gasteiger partial charge in [-0.1, -0.05) is 53.2 Å². The molecule has 1 heterocycles. The summed E-state index contributed by atoms with van der Waals surface area (Å²) in [4.78, 5) is 13.8. The summed E-state index contributed by atoms with van der Waals surface area (Å²) < 4.78 is 0. The van der Waals surface area contributed by atoms with Crippen LogP contribution < -0.4 is 5.73 Å². The molecular weight excluding hydrogens is 313 g/mol. The Morgan fingerprint density at radius 2 is 1.85 bits per heavy atom. The summed E-state index contributed by atoms with van der Waals surface area (Å²) in [6.07, 6.45) is 0. The number of fused-ring (bicyclic) bond motifs is 1. The molecule has 2 aromatic rings. The highest BCUT2D eigenvalue weighted by Crippen LogP contribution is 2.43. The number of allylic oxidation sites excluding steroid dienone is 1. The number of halogens is 2. The maximum atomic E-state index is 12.4. The standard InChI is InChI=1S/C15H9Cl2NOS/c16-8-5-6-12-10(7-8)14(19)15(20-12)13(18)9-3-1-2-4-11(9)17/h1-7H,18H2. The van der Waals surface area contributed by atoms with Crippen molar-refractivity contribution in [3.8, 4) is 0 Å². The molecule has 5 heteroatoms. The van der Waals surface area contributed by atoms with Gasteiger partial charge in [-0.05, 0) is 24.3 Å². The monoisotopic (exact) mass is 321 g/mol. The molecule has 0 spiro atoms. The van der Waals surface area contributed by atoms with E-state index in [9.17, 15) is 4.79 Å². The molecule has 2 nitrogen and oxygen atoms in total.